The number of nitrogens with one attached hydrogen (secondary N) is 1. The topological polar surface area (TPSA) is 92.7 Å². The first-order valence-electron chi connectivity index (χ1n) is 6.30. The summed E-state index contributed by atoms with van der Waals surface area (Å²) in [6.45, 7) is 0. The molecular weight excluding hydrogens is 302 g/mol. The van der Waals surface area contributed by atoms with Crippen molar-refractivity contribution in [3.8, 4) is 0 Å². The molecule has 0 aliphatic heterocycles. The average Bonchev–Trinajstić information content (AvgIpc) is 2.90. The summed E-state index contributed by atoms with van der Waals surface area (Å²) in [6, 6.07) is 1.20. The van der Waals surface area contributed by atoms with Crippen molar-refractivity contribution >= 4 is 27.3 Å². The van der Waals surface area contributed by atoms with Crippen LogP contribution in [0.15, 0.2) is 16.3 Å². The van der Waals surface area contributed by atoms with Crippen LogP contribution in [-0.4, -0.2) is 38.7 Å². The third-order valence-corrected chi connectivity index (χ3v) is 5.89. The summed E-state index contributed by atoms with van der Waals surface area (Å²) in [6.07, 6.45) is 2.01. The van der Waals surface area contributed by atoms with Gasteiger partial charge in [-0.25, -0.2) is 17.9 Å². The van der Waals surface area contributed by atoms with Crippen LogP contribution in [0.1, 0.15) is 35.4 Å². The quantitative estimate of drug-likeness (QED) is 0.811. The van der Waals surface area contributed by atoms with E-state index in [-0.39, 0.29) is 21.9 Å². The van der Waals surface area contributed by atoms with Crippen molar-refractivity contribution in [2.45, 2.75) is 42.7 Å². The molecule has 0 spiro atoms. The predicted molar refractivity (Wildman–Crippen MR) is 74.2 cm³/mol. The van der Waals surface area contributed by atoms with E-state index in [1.807, 2.05) is 0 Å². The van der Waals surface area contributed by atoms with Crippen molar-refractivity contribution in [1.29, 1.82) is 0 Å². The molecular formula is C12H17NO5S2. The highest BCUT2D eigenvalue weighted by atomic mass is 32.2. The van der Waals surface area contributed by atoms with Crippen LogP contribution in [-0.2, 0) is 14.8 Å². The van der Waals surface area contributed by atoms with E-state index in [0.717, 1.165) is 11.3 Å². The van der Waals surface area contributed by atoms with E-state index in [9.17, 15) is 18.3 Å². The van der Waals surface area contributed by atoms with Gasteiger partial charge in [0.2, 0.25) is 10.0 Å². The summed E-state index contributed by atoms with van der Waals surface area (Å²) in [5.41, 5.74) is 0. The fourth-order valence-electron chi connectivity index (χ4n) is 2.23. The number of ether oxygens (including phenoxy) is 1. The predicted octanol–water partition coefficient (Wildman–Crippen LogP) is 1.12. The summed E-state index contributed by atoms with van der Waals surface area (Å²) < 4.78 is 31.8. The molecule has 1 heterocycles. The minimum Gasteiger partial charge on any atom is -0.465 e. The second-order valence-corrected chi connectivity index (χ2v) is 7.33. The van der Waals surface area contributed by atoms with Gasteiger partial charge in [-0.2, -0.15) is 0 Å². The maximum Gasteiger partial charge on any atom is 0.349 e. The van der Waals surface area contributed by atoms with Gasteiger partial charge in [-0.15, -0.1) is 11.3 Å². The maximum atomic E-state index is 12.3. The van der Waals surface area contributed by atoms with E-state index in [2.05, 4.69) is 9.46 Å². The van der Waals surface area contributed by atoms with Gasteiger partial charge in [-0.05, 0) is 37.1 Å². The zero-order chi connectivity index (χ0) is 14.8. The normalized spacial score (nSPS) is 23.5. The molecule has 1 aromatic rings. The van der Waals surface area contributed by atoms with E-state index in [4.69, 9.17) is 0 Å². The molecule has 2 N–H and O–H groups in total. The van der Waals surface area contributed by atoms with Crippen molar-refractivity contribution in [2.24, 2.45) is 0 Å². The number of rotatable bonds is 4. The van der Waals surface area contributed by atoms with Crippen molar-refractivity contribution in [3.63, 3.8) is 0 Å². The molecule has 0 atom stereocenters. The second kappa shape index (κ2) is 6.21. The number of carbonyl (C=O) groups is 1. The lowest BCUT2D eigenvalue weighted by Gasteiger charge is -2.25. The zero-order valence-corrected chi connectivity index (χ0v) is 12.7. The molecule has 1 aliphatic carbocycles. The molecule has 1 fully saturated rings. The Morgan fingerprint density at radius 3 is 2.65 bits per heavy atom. The summed E-state index contributed by atoms with van der Waals surface area (Å²) in [7, 11) is -2.53. The van der Waals surface area contributed by atoms with Crippen LogP contribution in [0.5, 0.6) is 0 Å². The van der Waals surface area contributed by atoms with Crippen molar-refractivity contribution in [1.82, 2.24) is 4.72 Å². The largest absolute Gasteiger partial charge is 0.465 e. The standard InChI is InChI=1S/C12H17NO5S2/c1-18-12(15)11-10(6-7-19-11)20(16,17)13-8-2-4-9(14)5-3-8/h6-9,13-14H,2-5H2,1H3. The van der Waals surface area contributed by atoms with Crippen LogP contribution in [0.25, 0.3) is 0 Å². The fourth-order valence-corrected chi connectivity index (χ4v) is 4.87. The van der Waals surface area contributed by atoms with Crippen LogP contribution in [0.2, 0.25) is 0 Å². The fraction of sp³-hybridized carbons (Fsp3) is 0.583. The first-order valence-corrected chi connectivity index (χ1v) is 8.66. The number of esters is 1. The molecule has 1 aromatic heterocycles. The molecule has 1 saturated carbocycles. The van der Waals surface area contributed by atoms with Crippen LogP contribution in [0, 0.1) is 0 Å². The summed E-state index contributed by atoms with van der Waals surface area (Å²) in [4.78, 5) is 11.6. The number of carbonyl (C=O) groups excluding carboxylic acids is 1. The molecule has 0 radical (unpaired) electrons. The van der Waals surface area contributed by atoms with Gasteiger partial charge in [0.15, 0.2) is 0 Å². The smallest absolute Gasteiger partial charge is 0.349 e. The molecule has 112 valence electrons. The number of thiophene rings is 1. The Hall–Kier alpha value is -0.960. The SMILES string of the molecule is COC(=O)c1sccc1S(=O)(=O)NC1CCC(O)CC1. The van der Waals surface area contributed by atoms with E-state index in [0.29, 0.717) is 25.7 Å². The second-order valence-electron chi connectivity index (χ2n) is 4.73. The molecule has 0 bridgehead atoms. The average molecular weight is 319 g/mol. The third-order valence-electron chi connectivity index (χ3n) is 3.31. The molecule has 0 amide bonds. The molecule has 1 aliphatic rings. The lowest BCUT2D eigenvalue weighted by Crippen LogP contribution is -2.38. The number of hydrogen-bond acceptors (Lipinski definition) is 6. The summed E-state index contributed by atoms with van der Waals surface area (Å²) in [5.74, 6) is -0.653. The lowest BCUT2D eigenvalue weighted by molar-refractivity contribution is 0.0602. The Balaban J connectivity index is 2.15. The summed E-state index contributed by atoms with van der Waals surface area (Å²) >= 11 is 1.04. The van der Waals surface area contributed by atoms with E-state index in [1.54, 1.807) is 5.38 Å². The van der Waals surface area contributed by atoms with Gasteiger partial charge in [0.1, 0.15) is 9.77 Å². The molecule has 2 rings (SSSR count). The van der Waals surface area contributed by atoms with Crippen LogP contribution < -0.4 is 4.72 Å². The van der Waals surface area contributed by atoms with E-state index < -0.39 is 16.0 Å². The third kappa shape index (κ3) is 3.38. The summed E-state index contributed by atoms with van der Waals surface area (Å²) in [5, 5.41) is 11.0. The van der Waals surface area contributed by atoms with Gasteiger partial charge in [0.25, 0.3) is 0 Å². The van der Waals surface area contributed by atoms with Gasteiger partial charge in [0.05, 0.1) is 13.2 Å². The number of sulfonamides is 1. The number of hydrogen-bond donors (Lipinski definition) is 2. The Labute approximate surface area is 121 Å². The molecule has 0 saturated heterocycles. The molecule has 20 heavy (non-hydrogen) atoms. The minimum atomic E-state index is -3.74. The van der Waals surface area contributed by atoms with Gasteiger partial charge < -0.3 is 9.84 Å². The van der Waals surface area contributed by atoms with Crippen LogP contribution >= 0.6 is 11.3 Å². The Morgan fingerprint density at radius 1 is 1.40 bits per heavy atom. The number of aliphatic hydroxyl groups excluding tert-OH is 1. The zero-order valence-electron chi connectivity index (χ0n) is 11.0. The van der Waals surface area contributed by atoms with Crippen LogP contribution in [0.4, 0.5) is 0 Å². The maximum absolute atomic E-state index is 12.3. The number of methoxy groups -OCH3 is 1. The molecule has 0 unspecified atom stereocenters. The number of aliphatic hydroxyl groups is 1. The van der Waals surface area contributed by atoms with E-state index in [1.165, 1.54) is 13.2 Å². The van der Waals surface area contributed by atoms with Crippen LogP contribution in [0.3, 0.4) is 0 Å². The molecule has 6 nitrogen and oxygen atoms in total. The highest BCUT2D eigenvalue weighted by molar-refractivity contribution is 7.89. The molecule has 8 heteroatoms. The van der Waals surface area contributed by atoms with E-state index >= 15 is 0 Å². The van der Waals surface area contributed by atoms with Gasteiger partial charge in [-0.3, -0.25) is 0 Å². The minimum absolute atomic E-state index is 0.0412. The van der Waals surface area contributed by atoms with Crippen molar-refractivity contribution < 1.29 is 23.1 Å². The molecule has 0 aromatic carbocycles. The Kier molecular flexibility index (Phi) is 4.79. The highest BCUT2D eigenvalue weighted by Gasteiger charge is 2.29. The Morgan fingerprint density at radius 2 is 2.05 bits per heavy atom. The van der Waals surface area contributed by atoms with Gasteiger partial charge in [0, 0.05) is 6.04 Å². The van der Waals surface area contributed by atoms with Crippen molar-refractivity contribution in [3.05, 3.63) is 16.3 Å². The van der Waals surface area contributed by atoms with Crippen molar-refractivity contribution in [2.75, 3.05) is 7.11 Å². The monoisotopic (exact) mass is 319 g/mol. The first-order chi connectivity index (χ1) is 9.44. The first kappa shape index (κ1) is 15.4. The lowest BCUT2D eigenvalue weighted by atomic mass is 9.94. The van der Waals surface area contributed by atoms with Gasteiger partial charge >= 0.3 is 5.97 Å². The highest BCUT2D eigenvalue weighted by Crippen LogP contribution is 2.25. The Bertz CT molecular complexity index is 572. The van der Waals surface area contributed by atoms with Gasteiger partial charge in [-0.1, -0.05) is 0 Å².